The molecule has 1 aromatic carbocycles. The first kappa shape index (κ1) is 16.3. The predicted molar refractivity (Wildman–Crippen MR) is 90.1 cm³/mol. The fourth-order valence-electron chi connectivity index (χ4n) is 2.79. The van der Waals surface area contributed by atoms with Crippen molar-refractivity contribution in [1.82, 2.24) is 10.2 Å². The van der Waals surface area contributed by atoms with Crippen LogP contribution in [0.15, 0.2) is 21.1 Å². The van der Waals surface area contributed by atoms with Crippen molar-refractivity contribution in [2.24, 2.45) is 5.92 Å². The van der Waals surface area contributed by atoms with E-state index < -0.39 is 0 Å². The van der Waals surface area contributed by atoms with Crippen molar-refractivity contribution >= 4 is 31.9 Å². The number of hydrogen-bond acceptors (Lipinski definition) is 3. The molecule has 1 saturated heterocycles. The van der Waals surface area contributed by atoms with Gasteiger partial charge in [-0.05, 0) is 24.5 Å². The number of phenols is 1. The van der Waals surface area contributed by atoms with Gasteiger partial charge >= 0.3 is 0 Å². The lowest BCUT2D eigenvalue weighted by Crippen LogP contribution is -2.45. The minimum atomic E-state index is 0.263. The van der Waals surface area contributed by atoms with Gasteiger partial charge in [0.1, 0.15) is 5.75 Å². The van der Waals surface area contributed by atoms with Crippen LogP contribution in [-0.2, 0) is 0 Å². The van der Waals surface area contributed by atoms with Crippen LogP contribution in [0.1, 0.15) is 31.9 Å². The summed E-state index contributed by atoms with van der Waals surface area (Å²) in [5, 5.41) is 13.8. The van der Waals surface area contributed by atoms with Crippen LogP contribution in [0.2, 0.25) is 0 Å². The summed E-state index contributed by atoms with van der Waals surface area (Å²) in [4.78, 5) is 2.48. The summed E-state index contributed by atoms with van der Waals surface area (Å²) in [5.41, 5.74) is 1.02. The SMILES string of the molecule is CC(C)C[C@H](c1c(O)cc(Br)cc1Br)N1CCNCC1. The highest BCUT2D eigenvalue weighted by Gasteiger charge is 2.27. The van der Waals surface area contributed by atoms with Gasteiger partial charge in [0.2, 0.25) is 0 Å². The second-order valence-electron chi connectivity index (χ2n) is 5.75. The number of rotatable bonds is 4. The lowest BCUT2D eigenvalue weighted by molar-refractivity contribution is 0.151. The normalized spacial score (nSPS) is 18.4. The molecular weight excluding hydrogens is 384 g/mol. The van der Waals surface area contributed by atoms with E-state index in [1.54, 1.807) is 6.07 Å². The molecule has 1 heterocycles. The van der Waals surface area contributed by atoms with Crippen LogP contribution in [0, 0.1) is 5.92 Å². The van der Waals surface area contributed by atoms with E-state index in [2.05, 4.69) is 55.9 Å². The maximum Gasteiger partial charge on any atom is 0.122 e. The van der Waals surface area contributed by atoms with Gasteiger partial charge in [0.25, 0.3) is 0 Å². The topological polar surface area (TPSA) is 35.5 Å². The van der Waals surface area contributed by atoms with Crippen molar-refractivity contribution in [3.63, 3.8) is 0 Å². The summed E-state index contributed by atoms with van der Waals surface area (Å²) in [6.07, 6.45) is 1.05. The summed E-state index contributed by atoms with van der Waals surface area (Å²) in [6.45, 7) is 8.56. The van der Waals surface area contributed by atoms with Crippen molar-refractivity contribution < 1.29 is 5.11 Å². The molecule has 1 aliphatic heterocycles. The molecule has 0 amide bonds. The van der Waals surface area contributed by atoms with Gasteiger partial charge in [-0.3, -0.25) is 4.90 Å². The van der Waals surface area contributed by atoms with Crippen LogP contribution < -0.4 is 5.32 Å². The van der Waals surface area contributed by atoms with Crippen molar-refractivity contribution in [1.29, 1.82) is 0 Å². The highest BCUT2D eigenvalue weighted by atomic mass is 79.9. The molecule has 0 spiro atoms. The van der Waals surface area contributed by atoms with E-state index in [9.17, 15) is 5.11 Å². The summed E-state index contributed by atoms with van der Waals surface area (Å²) in [6, 6.07) is 4.07. The third-order valence-electron chi connectivity index (χ3n) is 3.69. The van der Waals surface area contributed by atoms with Gasteiger partial charge in [0.15, 0.2) is 0 Å². The summed E-state index contributed by atoms with van der Waals surface area (Å²) >= 11 is 7.05. The van der Waals surface area contributed by atoms with Gasteiger partial charge in [-0.25, -0.2) is 0 Å². The molecule has 1 aliphatic rings. The van der Waals surface area contributed by atoms with E-state index >= 15 is 0 Å². The molecule has 2 N–H and O–H groups in total. The molecule has 0 radical (unpaired) electrons. The third-order valence-corrected chi connectivity index (χ3v) is 4.81. The molecule has 1 fully saturated rings. The quantitative estimate of drug-likeness (QED) is 0.796. The molecule has 3 nitrogen and oxygen atoms in total. The second kappa shape index (κ2) is 7.25. The highest BCUT2D eigenvalue weighted by molar-refractivity contribution is 9.11. The molecular formula is C15H22Br2N2O. The third kappa shape index (κ3) is 3.97. The minimum Gasteiger partial charge on any atom is -0.508 e. The molecule has 20 heavy (non-hydrogen) atoms. The zero-order valence-corrected chi connectivity index (χ0v) is 15.2. The lowest BCUT2D eigenvalue weighted by Gasteiger charge is -2.37. The van der Waals surface area contributed by atoms with Gasteiger partial charge in [0, 0.05) is 46.7 Å². The Kier molecular flexibility index (Phi) is 5.90. The average molecular weight is 406 g/mol. The van der Waals surface area contributed by atoms with E-state index in [0.717, 1.165) is 47.1 Å². The Morgan fingerprint density at radius 1 is 1.25 bits per heavy atom. The molecule has 1 atom stereocenters. The van der Waals surface area contributed by atoms with Crippen LogP contribution in [0.25, 0.3) is 0 Å². The Balaban J connectivity index is 2.35. The van der Waals surface area contributed by atoms with Crippen molar-refractivity contribution in [2.75, 3.05) is 26.2 Å². The van der Waals surface area contributed by atoms with Gasteiger partial charge < -0.3 is 10.4 Å². The molecule has 0 saturated carbocycles. The maximum absolute atomic E-state index is 10.4. The van der Waals surface area contributed by atoms with Gasteiger partial charge in [-0.1, -0.05) is 45.7 Å². The van der Waals surface area contributed by atoms with E-state index in [-0.39, 0.29) is 6.04 Å². The zero-order valence-electron chi connectivity index (χ0n) is 12.0. The standard InChI is InChI=1S/C15H22Br2N2O/c1-10(2)7-13(19-5-3-18-4-6-19)15-12(17)8-11(16)9-14(15)20/h8-10,13,18,20H,3-7H2,1-2H3/t13-/m1/s1. The molecule has 5 heteroatoms. The Bertz CT molecular complexity index is 436. The number of benzene rings is 1. The van der Waals surface area contributed by atoms with Crippen LogP contribution in [0.4, 0.5) is 0 Å². The van der Waals surface area contributed by atoms with Gasteiger partial charge in [-0.15, -0.1) is 0 Å². The van der Waals surface area contributed by atoms with Crippen molar-refractivity contribution in [3.8, 4) is 5.75 Å². The molecule has 0 aromatic heterocycles. The first-order valence-corrected chi connectivity index (χ1v) is 8.70. The minimum absolute atomic E-state index is 0.263. The number of piperazine rings is 1. The van der Waals surface area contributed by atoms with E-state index in [0.29, 0.717) is 11.7 Å². The average Bonchev–Trinajstić information content (AvgIpc) is 2.37. The Morgan fingerprint density at radius 3 is 2.45 bits per heavy atom. The Hall–Kier alpha value is -0.100. The van der Waals surface area contributed by atoms with Crippen LogP contribution in [0.3, 0.4) is 0 Å². The highest BCUT2D eigenvalue weighted by Crippen LogP contribution is 2.40. The fraction of sp³-hybridized carbons (Fsp3) is 0.600. The monoisotopic (exact) mass is 404 g/mol. The lowest BCUT2D eigenvalue weighted by atomic mass is 9.94. The number of nitrogens with zero attached hydrogens (tertiary/aromatic N) is 1. The Morgan fingerprint density at radius 2 is 1.90 bits per heavy atom. The Labute approximate surface area is 138 Å². The second-order valence-corrected chi connectivity index (χ2v) is 7.52. The number of nitrogens with one attached hydrogen (secondary N) is 1. The molecule has 1 aromatic rings. The number of hydrogen-bond donors (Lipinski definition) is 2. The molecule has 112 valence electrons. The predicted octanol–water partition coefficient (Wildman–Crippen LogP) is 3.91. The smallest absolute Gasteiger partial charge is 0.122 e. The van der Waals surface area contributed by atoms with Gasteiger partial charge in [0.05, 0.1) is 0 Å². The van der Waals surface area contributed by atoms with Gasteiger partial charge in [-0.2, -0.15) is 0 Å². The van der Waals surface area contributed by atoms with Crippen molar-refractivity contribution in [3.05, 3.63) is 26.6 Å². The first-order chi connectivity index (χ1) is 9.49. The van der Waals surface area contributed by atoms with Crippen LogP contribution in [0.5, 0.6) is 5.75 Å². The number of phenolic OH excluding ortho intramolecular Hbond substituents is 1. The molecule has 0 unspecified atom stereocenters. The summed E-state index contributed by atoms with van der Waals surface area (Å²) in [5.74, 6) is 0.959. The van der Waals surface area contributed by atoms with E-state index in [1.807, 2.05) is 6.07 Å². The molecule has 0 bridgehead atoms. The fourth-order valence-corrected chi connectivity index (χ4v) is 4.26. The summed E-state index contributed by atoms with van der Waals surface area (Å²) in [7, 11) is 0. The van der Waals surface area contributed by atoms with Crippen molar-refractivity contribution in [2.45, 2.75) is 26.3 Å². The number of halogens is 2. The van der Waals surface area contributed by atoms with Crippen LogP contribution >= 0.6 is 31.9 Å². The summed E-state index contributed by atoms with van der Waals surface area (Å²) < 4.78 is 1.88. The number of aromatic hydroxyl groups is 1. The largest absolute Gasteiger partial charge is 0.508 e. The maximum atomic E-state index is 10.4. The molecule has 2 rings (SSSR count). The van der Waals surface area contributed by atoms with E-state index in [4.69, 9.17) is 0 Å². The van der Waals surface area contributed by atoms with E-state index in [1.165, 1.54) is 0 Å². The van der Waals surface area contributed by atoms with Crippen LogP contribution in [-0.4, -0.2) is 36.2 Å². The molecule has 0 aliphatic carbocycles. The first-order valence-electron chi connectivity index (χ1n) is 7.11. The zero-order chi connectivity index (χ0) is 14.7.